The standard InChI is InChI=1S/C32H44N4O5.BrH/c1-8-41-28-16-22-18-36(31(33)24(22)13-21(28)17-29(38)34-5)19-27(37)20-14-25(32(2,3)4)30(40-7)26(15-20)35-11-9-23(39-6)10-12-35;/h13-16,23,33H,8-12,17-19H2,1-7H3,(H,34,38);1H. The molecule has 0 aromatic heterocycles. The molecule has 0 saturated carbocycles. The predicted octanol–water partition coefficient (Wildman–Crippen LogP) is 4.90. The van der Waals surface area contributed by atoms with E-state index in [2.05, 4.69) is 31.0 Å². The van der Waals surface area contributed by atoms with Crippen LogP contribution in [0.2, 0.25) is 0 Å². The first-order chi connectivity index (χ1) is 19.5. The minimum absolute atomic E-state index is 0. The Labute approximate surface area is 260 Å². The highest BCUT2D eigenvalue weighted by atomic mass is 79.9. The quantitative estimate of drug-likeness (QED) is 0.355. The SMILES string of the molecule is Br.CCOc1cc2c(cc1CC(=O)NC)C(=N)N(CC(=O)c1cc(N3CCC(OC)CC3)c(OC)c(C(C)(C)C)c1)C2. The molecule has 0 spiro atoms. The number of hydrogen-bond acceptors (Lipinski definition) is 7. The van der Waals surface area contributed by atoms with Crippen molar-refractivity contribution >= 4 is 40.2 Å². The number of likely N-dealkylation sites (N-methyl/N-ethyl adjacent to an activating group) is 1. The van der Waals surface area contributed by atoms with Gasteiger partial charge in [0.2, 0.25) is 5.91 Å². The summed E-state index contributed by atoms with van der Waals surface area (Å²) in [7, 11) is 5.05. The van der Waals surface area contributed by atoms with Crippen LogP contribution in [0, 0.1) is 5.41 Å². The second kappa shape index (κ2) is 13.9. The summed E-state index contributed by atoms with van der Waals surface area (Å²) >= 11 is 0. The Hall–Kier alpha value is -3.11. The van der Waals surface area contributed by atoms with Crippen molar-refractivity contribution in [2.24, 2.45) is 0 Å². The van der Waals surface area contributed by atoms with Gasteiger partial charge in [0.05, 0.1) is 38.5 Å². The molecule has 1 amide bonds. The molecule has 2 aliphatic heterocycles. The van der Waals surface area contributed by atoms with Gasteiger partial charge in [0.25, 0.3) is 0 Å². The highest BCUT2D eigenvalue weighted by molar-refractivity contribution is 8.93. The Morgan fingerprint density at radius 1 is 1.10 bits per heavy atom. The molecule has 0 radical (unpaired) electrons. The largest absolute Gasteiger partial charge is 0.494 e. The van der Waals surface area contributed by atoms with E-state index in [1.807, 2.05) is 31.2 Å². The minimum atomic E-state index is -0.241. The molecule has 1 fully saturated rings. The van der Waals surface area contributed by atoms with E-state index >= 15 is 0 Å². The number of ether oxygens (including phenoxy) is 3. The zero-order valence-electron chi connectivity index (χ0n) is 25.9. The maximum Gasteiger partial charge on any atom is 0.224 e. The van der Waals surface area contributed by atoms with E-state index in [0.29, 0.717) is 24.5 Å². The molecule has 0 unspecified atom stereocenters. The number of halogens is 1. The molecule has 1 saturated heterocycles. The van der Waals surface area contributed by atoms with Crippen LogP contribution in [0.15, 0.2) is 24.3 Å². The van der Waals surface area contributed by atoms with E-state index in [1.165, 1.54) is 0 Å². The normalized spacial score (nSPS) is 15.3. The molecule has 4 rings (SSSR count). The molecule has 42 heavy (non-hydrogen) atoms. The maximum atomic E-state index is 13.8. The molecule has 0 bridgehead atoms. The van der Waals surface area contributed by atoms with Gasteiger partial charge >= 0.3 is 0 Å². The molecule has 2 aromatic carbocycles. The van der Waals surface area contributed by atoms with Crippen LogP contribution in [0.1, 0.15) is 73.1 Å². The number of rotatable bonds is 10. The van der Waals surface area contributed by atoms with Gasteiger partial charge in [-0.05, 0) is 55.0 Å². The number of amidine groups is 1. The first-order valence-electron chi connectivity index (χ1n) is 14.4. The van der Waals surface area contributed by atoms with Crippen LogP contribution < -0.4 is 19.7 Å². The molecule has 230 valence electrons. The number of hydrogen-bond donors (Lipinski definition) is 2. The number of Topliss-reactive ketones (excluding diaryl/α,β-unsaturated/α-hetero) is 1. The van der Waals surface area contributed by atoms with E-state index in [-0.39, 0.29) is 59.0 Å². The van der Waals surface area contributed by atoms with Gasteiger partial charge in [-0.2, -0.15) is 0 Å². The van der Waals surface area contributed by atoms with Gasteiger partial charge in [0.1, 0.15) is 17.3 Å². The number of anilines is 1. The molecule has 2 aliphatic rings. The number of ketones is 1. The van der Waals surface area contributed by atoms with Crippen molar-refractivity contribution in [2.75, 3.05) is 52.4 Å². The number of fused-ring (bicyclic) bond motifs is 1. The van der Waals surface area contributed by atoms with Crippen molar-refractivity contribution in [3.8, 4) is 11.5 Å². The number of amides is 1. The van der Waals surface area contributed by atoms with Crippen LogP contribution >= 0.6 is 17.0 Å². The van der Waals surface area contributed by atoms with Crippen LogP contribution in [0.5, 0.6) is 11.5 Å². The molecule has 9 nitrogen and oxygen atoms in total. The number of carbonyl (C=O) groups excluding carboxylic acids is 2. The molecule has 2 N–H and O–H groups in total. The Kier molecular flexibility index (Phi) is 11.1. The number of piperidine rings is 1. The average molecular weight is 646 g/mol. The molecular formula is C32H45BrN4O5. The molecule has 0 atom stereocenters. The van der Waals surface area contributed by atoms with Gasteiger partial charge in [-0.15, -0.1) is 17.0 Å². The van der Waals surface area contributed by atoms with Gasteiger partial charge in [0.15, 0.2) is 5.78 Å². The second-order valence-corrected chi connectivity index (χ2v) is 11.8. The molecule has 2 heterocycles. The summed E-state index contributed by atoms with van der Waals surface area (Å²) in [6.07, 6.45) is 2.23. The van der Waals surface area contributed by atoms with Gasteiger partial charge in [-0.1, -0.05) is 20.8 Å². The van der Waals surface area contributed by atoms with Crippen LogP contribution in [0.4, 0.5) is 5.69 Å². The van der Waals surface area contributed by atoms with E-state index in [0.717, 1.165) is 59.6 Å². The first-order valence-corrected chi connectivity index (χ1v) is 14.4. The summed E-state index contributed by atoms with van der Waals surface area (Å²) in [4.78, 5) is 30.0. The molecule has 10 heteroatoms. The van der Waals surface area contributed by atoms with Gasteiger partial charge in [0, 0.05) is 56.0 Å². The van der Waals surface area contributed by atoms with Gasteiger partial charge in [-0.25, -0.2) is 0 Å². The lowest BCUT2D eigenvalue weighted by atomic mass is 9.84. The third-order valence-electron chi connectivity index (χ3n) is 8.00. The van der Waals surface area contributed by atoms with Crippen molar-refractivity contribution in [1.82, 2.24) is 10.2 Å². The monoisotopic (exact) mass is 644 g/mol. The highest BCUT2D eigenvalue weighted by Gasteiger charge is 2.31. The smallest absolute Gasteiger partial charge is 0.224 e. The van der Waals surface area contributed by atoms with Crippen LogP contribution in [0.25, 0.3) is 0 Å². The Morgan fingerprint density at radius 3 is 2.36 bits per heavy atom. The number of methoxy groups -OCH3 is 2. The molecule has 0 aliphatic carbocycles. The van der Waals surface area contributed by atoms with Crippen molar-refractivity contribution in [1.29, 1.82) is 5.41 Å². The number of carbonyl (C=O) groups is 2. The molecular weight excluding hydrogens is 600 g/mol. The highest BCUT2D eigenvalue weighted by Crippen LogP contribution is 2.41. The van der Waals surface area contributed by atoms with Crippen molar-refractivity contribution in [3.05, 3.63) is 52.1 Å². The van der Waals surface area contributed by atoms with E-state index in [9.17, 15) is 9.59 Å². The number of nitrogens with zero attached hydrogens (tertiary/aromatic N) is 2. The topological polar surface area (TPSA) is 104 Å². The maximum absolute atomic E-state index is 13.8. The number of benzene rings is 2. The van der Waals surface area contributed by atoms with Crippen molar-refractivity contribution in [3.63, 3.8) is 0 Å². The summed E-state index contributed by atoms with van der Waals surface area (Å²) < 4.78 is 17.3. The third-order valence-corrected chi connectivity index (χ3v) is 8.00. The Morgan fingerprint density at radius 2 is 1.79 bits per heavy atom. The summed E-state index contributed by atoms with van der Waals surface area (Å²) in [6, 6.07) is 7.66. The lowest BCUT2D eigenvalue weighted by molar-refractivity contribution is -0.119. The van der Waals surface area contributed by atoms with E-state index in [1.54, 1.807) is 26.2 Å². The summed E-state index contributed by atoms with van der Waals surface area (Å²) in [5.74, 6) is 1.54. The minimum Gasteiger partial charge on any atom is -0.494 e. The fourth-order valence-electron chi connectivity index (χ4n) is 5.68. The van der Waals surface area contributed by atoms with Crippen LogP contribution in [0.3, 0.4) is 0 Å². The van der Waals surface area contributed by atoms with E-state index in [4.69, 9.17) is 19.6 Å². The zero-order chi connectivity index (χ0) is 29.9. The van der Waals surface area contributed by atoms with Gasteiger partial charge in [-0.3, -0.25) is 15.0 Å². The summed E-state index contributed by atoms with van der Waals surface area (Å²) in [6.45, 7) is 10.9. The average Bonchev–Trinajstić information content (AvgIpc) is 3.25. The third kappa shape index (κ3) is 7.09. The van der Waals surface area contributed by atoms with Crippen molar-refractivity contribution < 1.29 is 23.8 Å². The second-order valence-electron chi connectivity index (χ2n) is 11.8. The first kappa shape index (κ1) is 33.4. The van der Waals surface area contributed by atoms with Gasteiger partial charge < -0.3 is 29.3 Å². The fourth-order valence-corrected chi connectivity index (χ4v) is 5.68. The van der Waals surface area contributed by atoms with E-state index < -0.39 is 0 Å². The zero-order valence-corrected chi connectivity index (χ0v) is 27.6. The summed E-state index contributed by atoms with van der Waals surface area (Å²) in [5, 5.41) is 11.5. The Balaban J connectivity index is 0.00000484. The molecule has 2 aromatic rings. The van der Waals surface area contributed by atoms with Crippen LogP contribution in [-0.4, -0.2) is 76.0 Å². The summed E-state index contributed by atoms with van der Waals surface area (Å²) in [5.41, 5.74) is 4.65. The lowest BCUT2D eigenvalue weighted by Gasteiger charge is -2.35. The lowest BCUT2D eigenvalue weighted by Crippen LogP contribution is -2.37. The Bertz CT molecular complexity index is 1310. The van der Waals surface area contributed by atoms with Crippen molar-refractivity contribution in [2.45, 2.75) is 65.0 Å². The predicted molar refractivity (Wildman–Crippen MR) is 171 cm³/mol. The van der Waals surface area contributed by atoms with Crippen LogP contribution in [-0.2, 0) is 27.9 Å². The number of nitrogens with one attached hydrogen (secondary N) is 2. The fraction of sp³-hybridized carbons (Fsp3) is 0.531.